The average Bonchev–Trinajstić information content (AvgIpc) is 2.91. The molecule has 0 radical (unpaired) electrons. The lowest BCUT2D eigenvalue weighted by molar-refractivity contribution is 0.218. The molecule has 0 aliphatic heterocycles. The second-order valence-electron chi connectivity index (χ2n) is 5.16. The minimum atomic E-state index is 0.579. The molecule has 1 aliphatic rings. The van der Waals surface area contributed by atoms with Gasteiger partial charge in [-0.1, -0.05) is 37.2 Å². The van der Waals surface area contributed by atoms with Gasteiger partial charge in [0.05, 0.1) is 12.1 Å². The number of benzene rings is 1. The van der Waals surface area contributed by atoms with Gasteiger partial charge in [0, 0.05) is 19.1 Å². The van der Waals surface area contributed by atoms with Crippen molar-refractivity contribution in [2.75, 3.05) is 13.7 Å². The van der Waals surface area contributed by atoms with Crippen molar-refractivity contribution in [3.05, 3.63) is 29.8 Å². The van der Waals surface area contributed by atoms with Crippen LogP contribution < -0.4 is 10.5 Å². The van der Waals surface area contributed by atoms with Crippen molar-refractivity contribution in [2.24, 2.45) is 5.73 Å². The van der Waals surface area contributed by atoms with Gasteiger partial charge in [-0.2, -0.15) is 0 Å². The first-order valence-corrected chi connectivity index (χ1v) is 7.25. The molecular formula is C15H22N2OS. The van der Waals surface area contributed by atoms with E-state index in [9.17, 15) is 0 Å². The Morgan fingerprint density at radius 3 is 2.79 bits per heavy atom. The summed E-state index contributed by atoms with van der Waals surface area (Å²) >= 11 is 5.08. The summed E-state index contributed by atoms with van der Waals surface area (Å²) in [6, 6.07) is 8.83. The summed E-state index contributed by atoms with van der Waals surface area (Å²) in [5.74, 6) is 0.902. The van der Waals surface area contributed by atoms with Gasteiger partial charge in [-0.25, -0.2) is 0 Å². The fraction of sp³-hybridized carbons (Fsp3) is 0.533. The molecule has 3 nitrogen and oxygen atoms in total. The molecule has 104 valence electrons. The SMILES string of the molecule is COc1cccc(CN(CC(N)=S)C2CCCC2)c1. The van der Waals surface area contributed by atoms with E-state index < -0.39 is 0 Å². The van der Waals surface area contributed by atoms with E-state index in [1.54, 1.807) is 7.11 Å². The predicted molar refractivity (Wildman–Crippen MR) is 82.4 cm³/mol. The average molecular weight is 278 g/mol. The van der Waals surface area contributed by atoms with Gasteiger partial charge in [-0.3, -0.25) is 4.90 Å². The molecule has 1 aromatic carbocycles. The molecule has 1 aliphatic carbocycles. The molecule has 0 aromatic heterocycles. The molecular weight excluding hydrogens is 256 g/mol. The molecule has 2 N–H and O–H groups in total. The molecule has 0 bridgehead atoms. The third-order valence-electron chi connectivity index (χ3n) is 3.72. The van der Waals surface area contributed by atoms with Crippen molar-refractivity contribution in [3.63, 3.8) is 0 Å². The van der Waals surface area contributed by atoms with Gasteiger partial charge in [-0.05, 0) is 30.5 Å². The summed E-state index contributed by atoms with van der Waals surface area (Å²) in [6.45, 7) is 1.59. The van der Waals surface area contributed by atoms with Gasteiger partial charge in [0.1, 0.15) is 5.75 Å². The third-order valence-corrected chi connectivity index (χ3v) is 3.85. The third kappa shape index (κ3) is 4.18. The first kappa shape index (κ1) is 14.3. The first-order valence-electron chi connectivity index (χ1n) is 6.84. The van der Waals surface area contributed by atoms with Gasteiger partial charge in [0.2, 0.25) is 0 Å². The molecule has 1 saturated carbocycles. The number of hydrogen-bond donors (Lipinski definition) is 1. The van der Waals surface area contributed by atoms with Crippen molar-refractivity contribution in [2.45, 2.75) is 38.3 Å². The zero-order valence-electron chi connectivity index (χ0n) is 11.5. The number of methoxy groups -OCH3 is 1. The molecule has 0 unspecified atom stereocenters. The Balaban J connectivity index is 2.07. The normalized spacial score (nSPS) is 15.9. The molecule has 0 atom stereocenters. The highest BCUT2D eigenvalue weighted by Gasteiger charge is 2.23. The van der Waals surface area contributed by atoms with E-state index in [1.165, 1.54) is 31.2 Å². The van der Waals surface area contributed by atoms with Crippen LogP contribution in [-0.2, 0) is 6.54 Å². The van der Waals surface area contributed by atoms with Crippen LogP contribution in [0, 0.1) is 0 Å². The van der Waals surface area contributed by atoms with Crippen molar-refractivity contribution in [1.29, 1.82) is 0 Å². The van der Waals surface area contributed by atoms with E-state index in [-0.39, 0.29) is 0 Å². The van der Waals surface area contributed by atoms with Crippen molar-refractivity contribution >= 4 is 17.2 Å². The fourth-order valence-electron chi connectivity index (χ4n) is 2.79. The number of thiocarbonyl (C=S) groups is 1. The minimum absolute atomic E-state index is 0.579. The molecule has 0 heterocycles. The maximum absolute atomic E-state index is 5.74. The van der Waals surface area contributed by atoms with Crippen LogP contribution in [0.1, 0.15) is 31.2 Å². The molecule has 2 rings (SSSR count). The Labute approximate surface area is 120 Å². The lowest BCUT2D eigenvalue weighted by atomic mass is 10.1. The Morgan fingerprint density at radius 1 is 1.42 bits per heavy atom. The molecule has 1 aromatic rings. The summed E-state index contributed by atoms with van der Waals surface area (Å²) < 4.78 is 5.27. The van der Waals surface area contributed by atoms with E-state index in [1.807, 2.05) is 12.1 Å². The second-order valence-corrected chi connectivity index (χ2v) is 5.69. The lowest BCUT2D eigenvalue weighted by Gasteiger charge is -2.28. The quantitative estimate of drug-likeness (QED) is 0.812. The Kier molecular flexibility index (Phi) is 5.16. The van der Waals surface area contributed by atoms with Crippen LogP contribution in [0.5, 0.6) is 5.75 Å². The summed E-state index contributed by atoms with van der Waals surface area (Å²) in [7, 11) is 1.70. The van der Waals surface area contributed by atoms with Crippen LogP contribution in [0.2, 0.25) is 0 Å². The van der Waals surface area contributed by atoms with Gasteiger partial charge in [0.25, 0.3) is 0 Å². The summed E-state index contributed by atoms with van der Waals surface area (Å²) in [4.78, 5) is 2.99. The zero-order chi connectivity index (χ0) is 13.7. The van der Waals surface area contributed by atoms with Gasteiger partial charge >= 0.3 is 0 Å². The van der Waals surface area contributed by atoms with Crippen molar-refractivity contribution in [1.82, 2.24) is 4.90 Å². The summed E-state index contributed by atoms with van der Waals surface area (Å²) in [5, 5.41) is 0. The van der Waals surface area contributed by atoms with Gasteiger partial charge < -0.3 is 10.5 Å². The smallest absolute Gasteiger partial charge is 0.119 e. The molecule has 0 spiro atoms. The Hall–Kier alpha value is -1.13. The van der Waals surface area contributed by atoms with E-state index in [0.717, 1.165) is 12.3 Å². The Morgan fingerprint density at radius 2 is 2.16 bits per heavy atom. The number of rotatable bonds is 6. The van der Waals surface area contributed by atoms with E-state index >= 15 is 0 Å². The molecule has 19 heavy (non-hydrogen) atoms. The van der Waals surface area contributed by atoms with Gasteiger partial charge in [0.15, 0.2) is 0 Å². The van der Waals surface area contributed by atoms with Crippen LogP contribution in [-0.4, -0.2) is 29.6 Å². The van der Waals surface area contributed by atoms with Crippen molar-refractivity contribution < 1.29 is 4.74 Å². The van der Waals surface area contributed by atoms with E-state index in [0.29, 0.717) is 17.6 Å². The number of ether oxygens (including phenoxy) is 1. The highest BCUT2D eigenvalue weighted by Crippen LogP contribution is 2.25. The van der Waals surface area contributed by atoms with Gasteiger partial charge in [-0.15, -0.1) is 0 Å². The van der Waals surface area contributed by atoms with Crippen LogP contribution >= 0.6 is 12.2 Å². The first-order chi connectivity index (χ1) is 9.19. The maximum Gasteiger partial charge on any atom is 0.119 e. The minimum Gasteiger partial charge on any atom is -0.497 e. The Bertz CT molecular complexity index is 430. The highest BCUT2D eigenvalue weighted by atomic mass is 32.1. The van der Waals surface area contributed by atoms with Crippen LogP contribution in [0.25, 0.3) is 0 Å². The summed E-state index contributed by atoms with van der Waals surface area (Å²) in [5.41, 5.74) is 6.99. The molecule has 0 amide bonds. The number of nitrogens with two attached hydrogens (primary N) is 1. The monoisotopic (exact) mass is 278 g/mol. The largest absolute Gasteiger partial charge is 0.497 e. The van der Waals surface area contributed by atoms with Crippen molar-refractivity contribution in [3.8, 4) is 5.75 Å². The lowest BCUT2D eigenvalue weighted by Crippen LogP contribution is -2.38. The standard InChI is InChI=1S/C15H22N2OS/c1-18-14-8-4-5-12(9-14)10-17(11-15(16)19)13-6-2-3-7-13/h4-5,8-9,13H,2-3,6-7,10-11H2,1H3,(H2,16,19). The van der Waals surface area contributed by atoms with E-state index in [4.69, 9.17) is 22.7 Å². The van der Waals surface area contributed by atoms with Crippen LogP contribution in [0.4, 0.5) is 0 Å². The summed E-state index contributed by atoms with van der Waals surface area (Å²) in [6.07, 6.45) is 5.15. The number of nitrogens with zero attached hydrogens (tertiary/aromatic N) is 1. The van der Waals surface area contributed by atoms with E-state index in [2.05, 4.69) is 17.0 Å². The molecule has 4 heteroatoms. The van der Waals surface area contributed by atoms with Crippen LogP contribution in [0.3, 0.4) is 0 Å². The molecule has 1 fully saturated rings. The topological polar surface area (TPSA) is 38.5 Å². The number of hydrogen-bond acceptors (Lipinski definition) is 3. The maximum atomic E-state index is 5.74. The molecule has 0 saturated heterocycles. The fourth-order valence-corrected chi connectivity index (χ4v) is 2.95. The second kappa shape index (κ2) is 6.87. The predicted octanol–water partition coefficient (Wildman–Crippen LogP) is 2.73. The highest BCUT2D eigenvalue weighted by molar-refractivity contribution is 7.80. The van der Waals surface area contributed by atoms with Crippen LogP contribution in [0.15, 0.2) is 24.3 Å². The zero-order valence-corrected chi connectivity index (χ0v) is 12.3.